The van der Waals surface area contributed by atoms with E-state index in [0.29, 0.717) is 0 Å². The lowest BCUT2D eigenvalue weighted by atomic mass is 9.82. The van der Waals surface area contributed by atoms with Crippen molar-refractivity contribution in [3.05, 3.63) is 137 Å². The van der Waals surface area contributed by atoms with Gasteiger partial charge in [0.2, 0.25) is 5.90 Å². The number of halogens is 6. The quantitative estimate of drug-likeness (QED) is 0.0844. The normalized spacial score (nSPS) is 20.2. The minimum absolute atomic E-state index is 0.00989. The lowest BCUT2D eigenvalue weighted by Crippen LogP contribution is -2.35. The van der Waals surface area contributed by atoms with Gasteiger partial charge in [-0.25, -0.2) is 4.99 Å². The van der Waals surface area contributed by atoms with Crippen LogP contribution in [-0.4, -0.2) is 46.7 Å². The maximum Gasteiger partial charge on any atom is 0.707 e. The van der Waals surface area contributed by atoms with Crippen molar-refractivity contribution in [2.45, 2.75) is 119 Å². The minimum atomic E-state index is -5.01. The molecular weight excluding hydrogens is 790 g/mol. The molecule has 4 aromatic rings. The lowest BCUT2D eigenvalue weighted by Gasteiger charge is -2.42. The molecule has 0 spiro atoms. The molecule has 14 heteroatoms. The van der Waals surface area contributed by atoms with Crippen molar-refractivity contribution in [1.82, 2.24) is 0 Å². The number of hydrogen-bond acceptors (Lipinski definition) is 6. The van der Waals surface area contributed by atoms with E-state index in [4.69, 9.17) is 24.3 Å². The Hall–Kier alpha value is -3.90. The maximum absolute atomic E-state index is 12.3. The van der Waals surface area contributed by atoms with Crippen molar-refractivity contribution in [3.8, 4) is 5.75 Å². The lowest BCUT2D eigenvalue weighted by molar-refractivity contribution is -0.143. The summed E-state index contributed by atoms with van der Waals surface area (Å²) in [6, 6.07) is 32.8. The first kappa shape index (κ1) is 44.7. The molecule has 0 amide bonds. The highest BCUT2D eigenvalue weighted by atomic mass is 31.1. The summed E-state index contributed by atoms with van der Waals surface area (Å²) in [5.41, 5.74) is 1.95. The standard InChI is InChI=1S/C37H46NO2P.C8H5BF6O3/c1-28-35(38-37(39-28)31-21-11-4-12-22-31)34(27-29-17-7-2-8-18-29)36(30-19-9-3-10-20-30)40-41(32-23-13-5-14-24-32)33-25-15-6-16-26-33;10-7(11,12)4-1-5(8(13,14)15)3-6(2-4)18-9(16)17/h2-4,7-12,17-22,28,32-36H,5-6,13-16,23-27H2,1H3;1-3,16-17H/t28-,34?,35+,36?;/m0./s1. The molecule has 6 nitrogen and oxygen atoms in total. The van der Waals surface area contributed by atoms with Crippen molar-refractivity contribution in [2.24, 2.45) is 10.9 Å². The predicted molar refractivity (Wildman–Crippen MR) is 219 cm³/mol. The fraction of sp³-hybridized carbons (Fsp3) is 0.444. The van der Waals surface area contributed by atoms with Gasteiger partial charge in [0.1, 0.15) is 11.9 Å². The zero-order valence-electron chi connectivity index (χ0n) is 33.0. The molecule has 0 saturated heterocycles. The fourth-order valence-corrected chi connectivity index (χ4v) is 11.6. The minimum Gasteiger partial charge on any atom is -0.512 e. The van der Waals surface area contributed by atoms with Gasteiger partial charge in [-0.3, -0.25) is 0 Å². The van der Waals surface area contributed by atoms with Gasteiger partial charge in [-0.15, -0.1) is 0 Å². The number of rotatable bonds is 12. The molecule has 0 aromatic heterocycles. The third kappa shape index (κ3) is 12.6. The van der Waals surface area contributed by atoms with Crippen LogP contribution in [0.2, 0.25) is 0 Å². The molecular formula is C45H51BF6NO5P. The molecule has 4 aromatic carbocycles. The summed E-state index contributed by atoms with van der Waals surface area (Å²) in [6.45, 7) is 2.20. The molecule has 2 fully saturated rings. The Kier molecular flexibility index (Phi) is 15.6. The summed E-state index contributed by atoms with van der Waals surface area (Å²) >= 11 is 0. The average Bonchev–Trinajstić information content (AvgIpc) is 3.62. The summed E-state index contributed by atoms with van der Waals surface area (Å²) in [5, 5.41) is 16.7. The first-order valence-electron chi connectivity index (χ1n) is 20.4. The number of nitrogens with zero attached hydrogens (tertiary/aromatic N) is 1. The Morgan fingerprint density at radius 3 is 1.69 bits per heavy atom. The maximum atomic E-state index is 12.3. The van der Waals surface area contributed by atoms with Gasteiger partial charge in [0, 0.05) is 30.9 Å². The van der Waals surface area contributed by atoms with Gasteiger partial charge in [0.25, 0.3) is 0 Å². The highest BCUT2D eigenvalue weighted by molar-refractivity contribution is 7.54. The summed E-state index contributed by atoms with van der Waals surface area (Å²) in [7, 11) is -3.06. The van der Waals surface area contributed by atoms with Crippen LogP contribution in [0.4, 0.5) is 26.3 Å². The van der Waals surface area contributed by atoms with Gasteiger partial charge in [-0.2, -0.15) is 26.3 Å². The number of ether oxygens (including phenoxy) is 1. The Balaban J connectivity index is 0.000000274. The Morgan fingerprint density at radius 2 is 1.20 bits per heavy atom. The van der Waals surface area contributed by atoms with Crippen molar-refractivity contribution in [2.75, 3.05) is 0 Å². The molecule has 59 heavy (non-hydrogen) atoms. The number of hydrogen-bond donors (Lipinski definition) is 2. The second-order valence-corrected chi connectivity index (χ2v) is 17.9. The van der Waals surface area contributed by atoms with E-state index in [1.165, 1.54) is 75.3 Å². The van der Waals surface area contributed by atoms with Gasteiger partial charge in [-0.1, -0.05) is 117 Å². The molecule has 3 aliphatic rings. The fourth-order valence-electron chi connectivity index (χ4n) is 8.39. The summed E-state index contributed by atoms with van der Waals surface area (Å²) in [4.78, 5) is 5.34. The molecule has 0 radical (unpaired) electrons. The van der Waals surface area contributed by atoms with Gasteiger partial charge < -0.3 is 24.0 Å². The second-order valence-electron chi connectivity index (χ2n) is 15.5. The van der Waals surface area contributed by atoms with Gasteiger partial charge >= 0.3 is 19.7 Å². The smallest absolute Gasteiger partial charge is 0.512 e. The molecule has 1 aliphatic heterocycles. The predicted octanol–water partition coefficient (Wildman–Crippen LogP) is 12.0. The number of alkyl halides is 6. The molecule has 0 bridgehead atoms. The monoisotopic (exact) mass is 841 g/mol. The van der Waals surface area contributed by atoms with Crippen LogP contribution >= 0.6 is 8.15 Å². The number of aliphatic imine (C=N–C) groups is 1. The zero-order valence-corrected chi connectivity index (χ0v) is 33.9. The molecule has 2 unspecified atom stereocenters. The average molecular weight is 842 g/mol. The van der Waals surface area contributed by atoms with Crippen molar-refractivity contribution < 1.29 is 50.3 Å². The topological polar surface area (TPSA) is 80.5 Å². The second kappa shape index (κ2) is 20.6. The van der Waals surface area contributed by atoms with Crippen LogP contribution in [0.3, 0.4) is 0 Å². The Bertz CT molecular complexity index is 1860. The van der Waals surface area contributed by atoms with Gasteiger partial charge in [0.15, 0.2) is 0 Å². The summed E-state index contributed by atoms with van der Waals surface area (Å²) < 4.78 is 92.1. The van der Waals surface area contributed by atoms with E-state index in [-0.39, 0.29) is 42.4 Å². The molecule has 2 aliphatic carbocycles. The largest absolute Gasteiger partial charge is 0.707 e. The van der Waals surface area contributed by atoms with Crippen LogP contribution in [0.5, 0.6) is 5.75 Å². The van der Waals surface area contributed by atoms with Crippen LogP contribution in [-0.2, 0) is 28.0 Å². The van der Waals surface area contributed by atoms with E-state index in [0.717, 1.165) is 29.2 Å². The Labute approximate surface area is 344 Å². The SMILES string of the molecule is C[C@@H]1OC(c2ccccc2)=N[C@H]1C(Cc1ccccc1)C(OP(C1CCCCC1)C1CCCCC1)c1ccccc1.OB(O)Oc1cc(C(F)(F)F)cc(C(F)(F)F)c1. The number of benzene rings is 4. The molecule has 7 rings (SSSR count). The molecule has 2 saturated carbocycles. The van der Waals surface area contributed by atoms with E-state index >= 15 is 0 Å². The van der Waals surface area contributed by atoms with Crippen molar-refractivity contribution >= 4 is 21.4 Å². The van der Waals surface area contributed by atoms with Crippen LogP contribution in [0.1, 0.15) is 105 Å². The van der Waals surface area contributed by atoms with E-state index in [2.05, 4.69) is 103 Å². The first-order chi connectivity index (χ1) is 28.3. The molecule has 316 valence electrons. The third-order valence-electron chi connectivity index (χ3n) is 11.2. The summed E-state index contributed by atoms with van der Waals surface area (Å²) in [6.07, 6.45) is 4.45. The van der Waals surface area contributed by atoms with Crippen LogP contribution < -0.4 is 4.65 Å². The molecule has 2 N–H and O–H groups in total. The van der Waals surface area contributed by atoms with Gasteiger partial charge in [0.05, 0.1) is 23.3 Å². The summed E-state index contributed by atoms with van der Waals surface area (Å²) in [5.74, 6) is -0.00450. The van der Waals surface area contributed by atoms with Crippen LogP contribution in [0.15, 0.2) is 114 Å². The highest BCUT2D eigenvalue weighted by Gasteiger charge is 2.43. The van der Waals surface area contributed by atoms with E-state index in [1.54, 1.807) is 0 Å². The Morgan fingerprint density at radius 1 is 0.712 bits per heavy atom. The van der Waals surface area contributed by atoms with Gasteiger partial charge in [-0.05, 0) is 80.5 Å². The zero-order chi connectivity index (χ0) is 42.0. The van der Waals surface area contributed by atoms with Crippen molar-refractivity contribution in [3.63, 3.8) is 0 Å². The van der Waals surface area contributed by atoms with Crippen LogP contribution in [0, 0.1) is 5.92 Å². The molecule has 1 heterocycles. The van der Waals surface area contributed by atoms with E-state index in [1.807, 2.05) is 0 Å². The first-order valence-corrected chi connectivity index (χ1v) is 21.8. The third-order valence-corrected chi connectivity index (χ3v) is 14.2. The van der Waals surface area contributed by atoms with E-state index in [9.17, 15) is 26.3 Å². The molecule has 4 atom stereocenters. The van der Waals surface area contributed by atoms with Crippen LogP contribution in [0.25, 0.3) is 0 Å². The highest BCUT2D eigenvalue weighted by Crippen LogP contribution is 2.60. The van der Waals surface area contributed by atoms with E-state index < -0.39 is 44.7 Å². The van der Waals surface area contributed by atoms with Crippen molar-refractivity contribution in [1.29, 1.82) is 0 Å².